The first-order valence-corrected chi connectivity index (χ1v) is 6.67. The van der Waals surface area contributed by atoms with Crippen LogP contribution in [-0.2, 0) is 21.8 Å². The van der Waals surface area contributed by atoms with Gasteiger partial charge in [-0.2, -0.15) is 5.10 Å². The summed E-state index contributed by atoms with van der Waals surface area (Å²) in [5, 5.41) is 6.25. The second-order valence-corrected chi connectivity index (χ2v) is 5.41. The summed E-state index contributed by atoms with van der Waals surface area (Å²) in [5.41, 5.74) is 7.39. The van der Waals surface area contributed by atoms with Crippen molar-refractivity contribution in [2.75, 3.05) is 18.9 Å². The topological polar surface area (TPSA) is 62.3 Å². The molecule has 1 saturated heterocycles. The van der Waals surface area contributed by atoms with Crippen molar-refractivity contribution in [2.24, 2.45) is 0 Å². The predicted molar refractivity (Wildman–Crippen MR) is 69.3 cm³/mol. The normalized spacial score (nSPS) is 18.3. The van der Waals surface area contributed by atoms with Crippen molar-refractivity contribution in [2.45, 2.75) is 19.3 Å². The van der Waals surface area contributed by atoms with Crippen LogP contribution >= 0.6 is 11.3 Å². The van der Waals surface area contributed by atoms with Gasteiger partial charge in [0.05, 0.1) is 31.6 Å². The first kappa shape index (κ1) is 11.7. The van der Waals surface area contributed by atoms with Crippen molar-refractivity contribution in [3.8, 4) is 0 Å². The standard InChI is InChI=1S/C12H15N3O2S/c1-12(16-2-3-17-12)9-4-11(18-8-9)7-15-6-10(13)5-14-15/h4-6,8H,2-3,7,13H2,1H3. The molecular weight excluding hydrogens is 250 g/mol. The van der Waals surface area contributed by atoms with E-state index < -0.39 is 5.79 Å². The predicted octanol–water partition coefficient (Wildman–Crippen LogP) is 1.79. The minimum atomic E-state index is -0.585. The second-order valence-electron chi connectivity index (χ2n) is 4.42. The van der Waals surface area contributed by atoms with Crippen LogP contribution in [0.25, 0.3) is 0 Å². The Morgan fingerprint density at radius 1 is 1.50 bits per heavy atom. The average molecular weight is 265 g/mol. The molecule has 2 aromatic rings. The van der Waals surface area contributed by atoms with Crippen LogP contribution in [-0.4, -0.2) is 23.0 Å². The van der Waals surface area contributed by atoms with Crippen LogP contribution < -0.4 is 5.73 Å². The molecule has 6 heteroatoms. The highest BCUT2D eigenvalue weighted by Gasteiger charge is 2.33. The minimum absolute atomic E-state index is 0.585. The van der Waals surface area contributed by atoms with Gasteiger partial charge in [-0.3, -0.25) is 4.68 Å². The number of nitrogen functional groups attached to an aromatic ring is 1. The van der Waals surface area contributed by atoms with Crippen molar-refractivity contribution >= 4 is 17.0 Å². The number of anilines is 1. The molecular formula is C12H15N3O2S. The van der Waals surface area contributed by atoms with E-state index in [0.29, 0.717) is 18.9 Å². The Balaban J connectivity index is 1.77. The summed E-state index contributed by atoms with van der Waals surface area (Å²) in [7, 11) is 0. The fraction of sp³-hybridized carbons (Fsp3) is 0.417. The van der Waals surface area contributed by atoms with Gasteiger partial charge in [0.2, 0.25) is 0 Å². The number of nitrogens with two attached hydrogens (primary N) is 1. The van der Waals surface area contributed by atoms with Gasteiger partial charge in [0, 0.05) is 16.6 Å². The summed E-state index contributed by atoms with van der Waals surface area (Å²) in [6.07, 6.45) is 3.47. The maximum Gasteiger partial charge on any atom is 0.192 e. The lowest BCUT2D eigenvalue weighted by Gasteiger charge is -2.20. The number of hydrogen-bond acceptors (Lipinski definition) is 5. The van der Waals surface area contributed by atoms with Crippen LogP contribution in [0.15, 0.2) is 23.8 Å². The van der Waals surface area contributed by atoms with Crippen LogP contribution in [0.3, 0.4) is 0 Å². The van der Waals surface area contributed by atoms with E-state index in [-0.39, 0.29) is 0 Å². The van der Waals surface area contributed by atoms with E-state index in [1.807, 2.05) is 17.8 Å². The van der Waals surface area contributed by atoms with Gasteiger partial charge in [0.15, 0.2) is 5.79 Å². The molecule has 5 nitrogen and oxygen atoms in total. The summed E-state index contributed by atoms with van der Waals surface area (Å²) in [5.74, 6) is -0.585. The highest BCUT2D eigenvalue weighted by atomic mass is 32.1. The third-order valence-electron chi connectivity index (χ3n) is 2.99. The third kappa shape index (κ3) is 2.14. The van der Waals surface area contributed by atoms with Gasteiger partial charge in [-0.1, -0.05) is 0 Å². The van der Waals surface area contributed by atoms with E-state index in [4.69, 9.17) is 15.2 Å². The van der Waals surface area contributed by atoms with E-state index in [0.717, 1.165) is 12.1 Å². The van der Waals surface area contributed by atoms with Crippen molar-refractivity contribution in [1.82, 2.24) is 9.78 Å². The Hall–Kier alpha value is -1.37. The largest absolute Gasteiger partial charge is 0.396 e. The van der Waals surface area contributed by atoms with Crippen LogP contribution in [0.1, 0.15) is 17.4 Å². The summed E-state index contributed by atoms with van der Waals surface area (Å²) in [6.45, 7) is 3.98. The quantitative estimate of drug-likeness (QED) is 0.919. The smallest absolute Gasteiger partial charge is 0.192 e. The zero-order valence-electron chi connectivity index (χ0n) is 10.1. The molecule has 0 unspecified atom stereocenters. The van der Waals surface area contributed by atoms with Gasteiger partial charge >= 0.3 is 0 Å². The molecule has 0 atom stereocenters. The van der Waals surface area contributed by atoms with Crippen LogP contribution in [0, 0.1) is 0 Å². The Morgan fingerprint density at radius 2 is 2.28 bits per heavy atom. The molecule has 0 aromatic carbocycles. The molecule has 2 N–H and O–H groups in total. The first-order valence-electron chi connectivity index (χ1n) is 5.79. The zero-order valence-corrected chi connectivity index (χ0v) is 10.9. The molecule has 18 heavy (non-hydrogen) atoms. The molecule has 1 fully saturated rings. The molecule has 3 heterocycles. The fourth-order valence-corrected chi connectivity index (χ4v) is 2.97. The lowest BCUT2D eigenvalue weighted by molar-refractivity contribution is -0.149. The molecule has 2 aromatic heterocycles. The van der Waals surface area contributed by atoms with Crippen molar-refractivity contribution in [1.29, 1.82) is 0 Å². The fourth-order valence-electron chi connectivity index (χ4n) is 2.01. The van der Waals surface area contributed by atoms with Crippen LogP contribution in [0.2, 0.25) is 0 Å². The molecule has 1 aliphatic rings. The van der Waals surface area contributed by atoms with Gasteiger partial charge in [-0.05, 0) is 18.4 Å². The molecule has 0 radical (unpaired) electrons. The van der Waals surface area contributed by atoms with Gasteiger partial charge in [0.25, 0.3) is 0 Å². The Labute approximate surface area is 109 Å². The molecule has 0 amide bonds. The summed E-state index contributed by atoms with van der Waals surface area (Å²) < 4.78 is 13.1. The summed E-state index contributed by atoms with van der Waals surface area (Å²) in [6, 6.07) is 2.11. The van der Waals surface area contributed by atoms with Crippen LogP contribution in [0.4, 0.5) is 5.69 Å². The molecule has 0 spiro atoms. The van der Waals surface area contributed by atoms with E-state index in [1.165, 1.54) is 4.88 Å². The van der Waals surface area contributed by atoms with E-state index in [9.17, 15) is 0 Å². The number of thiophene rings is 1. The first-order chi connectivity index (χ1) is 8.66. The maximum atomic E-state index is 5.64. The average Bonchev–Trinajstić information content (AvgIpc) is 3.02. The van der Waals surface area contributed by atoms with E-state index >= 15 is 0 Å². The van der Waals surface area contributed by atoms with Crippen molar-refractivity contribution < 1.29 is 9.47 Å². The third-order valence-corrected chi connectivity index (χ3v) is 3.91. The number of ether oxygens (including phenoxy) is 2. The van der Waals surface area contributed by atoms with Gasteiger partial charge < -0.3 is 15.2 Å². The molecule has 1 aliphatic heterocycles. The highest BCUT2D eigenvalue weighted by Crippen LogP contribution is 2.33. The van der Waals surface area contributed by atoms with Gasteiger partial charge in [0.1, 0.15) is 0 Å². The van der Waals surface area contributed by atoms with Crippen molar-refractivity contribution in [3.63, 3.8) is 0 Å². The summed E-state index contributed by atoms with van der Waals surface area (Å²) >= 11 is 1.68. The molecule has 3 rings (SSSR count). The number of aromatic nitrogens is 2. The number of nitrogens with zero attached hydrogens (tertiary/aromatic N) is 2. The maximum absolute atomic E-state index is 5.64. The molecule has 0 saturated carbocycles. The SMILES string of the molecule is CC1(c2csc(Cn3cc(N)cn3)c2)OCCO1. The molecule has 0 aliphatic carbocycles. The monoisotopic (exact) mass is 265 g/mol. The van der Waals surface area contributed by atoms with Gasteiger partial charge in [-0.15, -0.1) is 11.3 Å². The van der Waals surface area contributed by atoms with E-state index in [1.54, 1.807) is 17.5 Å². The Kier molecular flexibility index (Phi) is 2.85. The molecule has 96 valence electrons. The zero-order chi connectivity index (χ0) is 12.6. The second kappa shape index (κ2) is 4.38. The Bertz CT molecular complexity index is 543. The van der Waals surface area contributed by atoms with Crippen molar-refractivity contribution in [3.05, 3.63) is 34.3 Å². The number of rotatable bonds is 3. The van der Waals surface area contributed by atoms with Gasteiger partial charge in [-0.25, -0.2) is 0 Å². The summed E-state index contributed by atoms with van der Waals surface area (Å²) in [4.78, 5) is 1.20. The van der Waals surface area contributed by atoms with Crippen LogP contribution in [0.5, 0.6) is 0 Å². The van der Waals surface area contributed by atoms with E-state index in [2.05, 4.69) is 16.5 Å². The highest BCUT2D eigenvalue weighted by molar-refractivity contribution is 7.10. The Morgan fingerprint density at radius 3 is 2.94 bits per heavy atom. The number of hydrogen-bond donors (Lipinski definition) is 1. The lowest BCUT2D eigenvalue weighted by Crippen LogP contribution is -2.21. The lowest BCUT2D eigenvalue weighted by atomic mass is 10.1. The molecule has 0 bridgehead atoms. The minimum Gasteiger partial charge on any atom is -0.396 e.